The van der Waals surface area contributed by atoms with E-state index >= 15 is 0 Å². The molecule has 1 heterocycles. The molecule has 0 aliphatic carbocycles. The highest BCUT2D eigenvalue weighted by Crippen LogP contribution is 2.61. The van der Waals surface area contributed by atoms with Gasteiger partial charge in [0, 0.05) is 20.9 Å². The molecule has 0 saturated heterocycles. The van der Waals surface area contributed by atoms with Crippen molar-refractivity contribution >= 4 is 45.1 Å². The minimum Gasteiger partial charge on any atom is -0.386 e. The molecule has 0 fully saturated rings. The summed E-state index contributed by atoms with van der Waals surface area (Å²) in [6.07, 6.45) is 0.0354. The zero-order valence-electron chi connectivity index (χ0n) is 20.7. The Balaban J connectivity index is 1.55. The smallest absolute Gasteiger partial charge is 0.104 e. The molecule has 184 valence electrons. The third-order valence-electron chi connectivity index (χ3n) is 7.42. The van der Waals surface area contributed by atoms with Gasteiger partial charge in [-0.2, -0.15) is 0 Å². The second kappa shape index (κ2) is 9.67. The van der Waals surface area contributed by atoms with Gasteiger partial charge in [0.05, 0.1) is 0 Å². The molecule has 1 atom stereocenters. The Labute approximate surface area is 231 Å². The summed E-state index contributed by atoms with van der Waals surface area (Å²) < 4.78 is -0.576. The van der Waals surface area contributed by atoms with E-state index in [2.05, 4.69) is 103 Å². The van der Waals surface area contributed by atoms with E-state index in [1.807, 2.05) is 53.9 Å². The third kappa shape index (κ3) is 4.03. The van der Waals surface area contributed by atoms with E-state index in [9.17, 15) is 5.11 Å². The molecule has 0 aromatic heterocycles. The molecule has 0 radical (unpaired) electrons. The van der Waals surface area contributed by atoms with Gasteiger partial charge < -0.3 is 5.11 Å². The number of benzene rings is 6. The molecule has 6 aromatic carbocycles. The molecule has 0 saturated carbocycles. The van der Waals surface area contributed by atoms with Crippen LogP contribution in [0.5, 0.6) is 0 Å². The van der Waals surface area contributed by atoms with Gasteiger partial charge in [0.15, 0.2) is 0 Å². The summed E-state index contributed by atoms with van der Waals surface area (Å²) >= 11 is 3.63. The second-order valence-electron chi connectivity index (χ2n) is 9.81. The van der Waals surface area contributed by atoms with Crippen molar-refractivity contribution in [1.29, 1.82) is 0 Å². The molecule has 38 heavy (non-hydrogen) atoms. The van der Waals surface area contributed by atoms with E-state index in [4.69, 9.17) is 0 Å². The quantitative estimate of drug-likeness (QED) is 0.247. The lowest BCUT2D eigenvalue weighted by Gasteiger charge is -2.37. The van der Waals surface area contributed by atoms with E-state index in [0.29, 0.717) is 0 Å². The Hall–Kier alpha value is -3.50. The third-order valence-corrected chi connectivity index (χ3v) is 10.5. The van der Waals surface area contributed by atoms with Crippen molar-refractivity contribution in [3.63, 3.8) is 0 Å². The van der Waals surface area contributed by atoms with Gasteiger partial charge in [-0.1, -0.05) is 121 Å². The highest BCUT2D eigenvalue weighted by Gasteiger charge is 2.44. The zero-order valence-corrected chi connectivity index (χ0v) is 22.4. The molecular weight excluding hydrogens is 501 g/mol. The predicted molar refractivity (Wildman–Crippen MR) is 163 cm³/mol. The van der Waals surface area contributed by atoms with Crippen LogP contribution in [0.3, 0.4) is 0 Å². The standard InChI is InChI=1S/C35H26OS2/c36-34(27-15-5-2-6-16-27)35(23-24-11-3-1-4-12-24)37-30-21-19-25-13-7-9-17-28(25)32(30)33-29-18-10-8-14-26(29)20-22-31(33)38-35/h1-22,34,36H,23H2/t34-/m1/s1. The van der Waals surface area contributed by atoms with E-state index in [0.717, 1.165) is 12.0 Å². The van der Waals surface area contributed by atoms with Crippen molar-refractivity contribution in [2.45, 2.75) is 26.4 Å². The number of aliphatic hydroxyl groups excluding tert-OH is 1. The van der Waals surface area contributed by atoms with Crippen molar-refractivity contribution in [2.75, 3.05) is 0 Å². The van der Waals surface area contributed by atoms with E-state index in [1.165, 1.54) is 48.0 Å². The maximum atomic E-state index is 12.2. The molecule has 3 heteroatoms. The van der Waals surface area contributed by atoms with Crippen LogP contribution < -0.4 is 0 Å². The van der Waals surface area contributed by atoms with E-state index in [-0.39, 0.29) is 0 Å². The summed E-state index contributed by atoms with van der Waals surface area (Å²) in [5.74, 6) is 0. The number of fused-ring (bicyclic) bond motifs is 7. The van der Waals surface area contributed by atoms with Gasteiger partial charge in [-0.05, 0) is 51.2 Å². The Morgan fingerprint density at radius 2 is 1.00 bits per heavy atom. The number of thioether (sulfide) groups is 2. The van der Waals surface area contributed by atoms with Crippen LogP contribution in [-0.2, 0) is 6.42 Å². The average molecular weight is 527 g/mol. The average Bonchev–Trinajstić information content (AvgIpc) is 3.13. The number of rotatable bonds is 4. The fraction of sp³-hybridized carbons (Fsp3) is 0.0857. The first-order valence-electron chi connectivity index (χ1n) is 12.9. The number of hydrogen-bond acceptors (Lipinski definition) is 3. The van der Waals surface area contributed by atoms with Crippen molar-refractivity contribution in [3.8, 4) is 11.1 Å². The summed E-state index contributed by atoms with van der Waals surface area (Å²) in [6, 6.07) is 47.0. The maximum absolute atomic E-state index is 12.2. The van der Waals surface area contributed by atoms with Gasteiger partial charge in [0.1, 0.15) is 10.2 Å². The Morgan fingerprint density at radius 3 is 1.55 bits per heavy atom. The van der Waals surface area contributed by atoms with Crippen LogP contribution in [0.4, 0.5) is 0 Å². The van der Waals surface area contributed by atoms with Crippen LogP contribution in [0, 0.1) is 0 Å². The minimum absolute atomic E-state index is 0.576. The van der Waals surface area contributed by atoms with Gasteiger partial charge in [-0.3, -0.25) is 0 Å². The Kier molecular flexibility index (Phi) is 6.01. The van der Waals surface area contributed by atoms with Gasteiger partial charge in [-0.15, -0.1) is 23.5 Å². The molecular formula is C35H26OS2. The van der Waals surface area contributed by atoms with Crippen molar-refractivity contribution in [1.82, 2.24) is 0 Å². The molecule has 6 aromatic rings. The summed E-state index contributed by atoms with van der Waals surface area (Å²) in [6.45, 7) is 0. The van der Waals surface area contributed by atoms with E-state index < -0.39 is 10.2 Å². The molecule has 0 spiro atoms. The molecule has 7 rings (SSSR count). The lowest BCUT2D eigenvalue weighted by molar-refractivity contribution is 0.163. The first kappa shape index (κ1) is 23.6. The van der Waals surface area contributed by atoms with Crippen molar-refractivity contribution in [3.05, 3.63) is 145 Å². The molecule has 1 nitrogen and oxygen atoms in total. The van der Waals surface area contributed by atoms with Gasteiger partial charge in [0.25, 0.3) is 0 Å². The van der Waals surface area contributed by atoms with Gasteiger partial charge >= 0.3 is 0 Å². The highest BCUT2D eigenvalue weighted by atomic mass is 32.2. The Morgan fingerprint density at radius 1 is 0.526 bits per heavy atom. The SMILES string of the molecule is O[C@H](c1ccccc1)C1(Cc2ccccc2)Sc2ccc3ccccc3c2-c2c(ccc3ccccc23)S1. The van der Waals surface area contributed by atoms with Crippen LogP contribution in [-0.4, -0.2) is 9.19 Å². The molecule has 0 unspecified atom stereocenters. The van der Waals surface area contributed by atoms with Crippen molar-refractivity contribution < 1.29 is 5.11 Å². The van der Waals surface area contributed by atoms with Gasteiger partial charge in [-0.25, -0.2) is 0 Å². The van der Waals surface area contributed by atoms with E-state index in [1.54, 1.807) is 0 Å². The lowest BCUT2D eigenvalue weighted by atomic mass is 9.94. The first-order valence-corrected chi connectivity index (χ1v) is 14.5. The van der Waals surface area contributed by atoms with Crippen LogP contribution in [0.15, 0.2) is 143 Å². The highest BCUT2D eigenvalue weighted by molar-refractivity contribution is 8.18. The maximum Gasteiger partial charge on any atom is 0.104 e. The van der Waals surface area contributed by atoms with Crippen LogP contribution in [0.25, 0.3) is 32.7 Å². The molecule has 0 bridgehead atoms. The summed E-state index contributed by atoms with van der Waals surface area (Å²) in [5.41, 5.74) is 4.69. The molecule has 0 amide bonds. The zero-order chi connectivity index (χ0) is 25.5. The van der Waals surface area contributed by atoms with Crippen molar-refractivity contribution in [2.24, 2.45) is 0 Å². The number of aliphatic hydroxyl groups is 1. The fourth-order valence-electron chi connectivity index (χ4n) is 5.63. The molecule has 1 aliphatic rings. The normalized spacial score (nSPS) is 15.0. The molecule has 1 aliphatic heterocycles. The Bertz CT molecular complexity index is 1670. The summed E-state index contributed by atoms with van der Waals surface area (Å²) in [7, 11) is 0. The number of hydrogen-bond donors (Lipinski definition) is 1. The topological polar surface area (TPSA) is 20.2 Å². The predicted octanol–water partition coefficient (Wildman–Crippen LogP) is 9.53. The fourth-order valence-corrected chi connectivity index (χ4v) is 8.96. The lowest BCUT2D eigenvalue weighted by Crippen LogP contribution is -2.32. The van der Waals surface area contributed by atoms with Crippen LogP contribution in [0.2, 0.25) is 0 Å². The van der Waals surface area contributed by atoms with Crippen LogP contribution >= 0.6 is 23.5 Å². The summed E-state index contributed by atoms with van der Waals surface area (Å²) in [4.78, 5) is 2.41. The second-order valence-corrected chi connectivity index (χ2v) is 12.8. The first-order chi connectivity index (χ1) is 18.7. The largest absolute Gasteiger partial charge is 0.386 e. The van der Waals surface area contributed by atoms with Crippen LogP contribution in [0.1, 0.15) is 17.2 Å². The monoisotopic (exact) mass is 526 g/mol. The molecule has 1 N–H and O–H groups in total. The summed E-state index contributed by atoms with van der Waals surface area (Å²) in [5, 5.41) is 17.2. The van der Waals surface area contributed by atoms with Gasteiger partial charge in [0.2, 0.25) is 0 Å². The minimum atomic E-state index is -0.685.